The van der Waals surface area contributed by atoms with Crippen LogP contribution < -0.4 is 5.73 Å². The van der Waals surface area contributed by atoms with Gasteiger partial charge in [-0.05, 0) is 7.05 Å². The standard InChI is InChI=1S/C5H11FN2.2ClH/c1-8-2-4(6)5(7)3-8;;/h4-5H,2-3,7H2,1H3;2*1H/t4-,5-;;/m1../s1. The lowest BCUT2D eigenvalue weighted by atomic mass is 10.3. The third-order valence-corrected chi connectivity index (χ3v) is 1.47. The molecule has 5 heteroatoms. The van der Waals surface area contributed by atoms with Crippen molar-refractivity contribution in [3.05, 3.63) is 0 Å². The summed E-state index contributed by atoms with van der Waals surface area (Å²) in [5.41, 5.74) is 5.35. The number of nitrogens with zero attached hydrogens (tertiary/aromatic N) is 1. The summed E-state index contributed by atoms with van der Waals surface area (Å²) < 4.78 is 12.4. The van der Waals surface area contributed by atoms with Gasteiger partial charge in [-0.2, -0.15) is 0 Å². The zero-order valence-corrected chi connectivity index (χ0v) is 7.42. The molecule has 1 rings (SSSR count). The molecule has 1 fully saturated rings. The molecule has 64 valence electrons. The molecule has 10 heavy (non-hydrogen) atoms. The van der Waals surface area contributed by atoms with Crippen LogP contribution >= 0.6 is 24.8 Å². The van der Waals surface area contributed by atoms with Crippen molar-refractivity contribution in [1.82, 2.24) is 4.90 Å². The summed E-state index contributed by atoms with van der Waals surface area (Å²) in [7, 11) is 1.87. The lowest BCUT2D eigenvalue weighted by Gasteiger charge is -2.02. The summed E-state index contributed by atoms with van der Waals surface area (Å²) in [5.74, 6) is 0. The van der Waals surface area contributed by atoms with Gasteiger partial charge in [0.15, 0.2) is 0 Å². The molecular formula is C5H13Cl2FN2. The van der Waals surface area contributed by atoms with Gasteiger partial charge in [-0.25, -0.2) is 4.39 Å². The van der Waals surface area contributed by atoms with Crippen molar-refractivity contribution in [3.8, 4) is 0 Å². The highest BCUT2D eigenvalue weighted by molar-refractivity contribution is 5.85. The van der Waals surface area contributed by atoms with Crippen molar-refractivity contribution in [2.45, 2.75) is 12.2 Å². The highest BCUT2D eigenvalue weighted by atomic mass is 35.5. The second-order valence-corrected chi connectivity index (χ2v) is 2.40. The van der Waals surface area contributed by atoms with Crippen LogP contribution in [-0.4, -0.2) is 37.3 Å². The summed E-state index contributed by atoms with van der Waals surface area (Å²) in [5, 5.41) is 0. The molecule has 0 saturated carbocycles. The van der Waals surface area contributed by atoms with Gasteiger partial charge in [0.1, 0.15) is 6.17 Å². The number of nitrogens with two attached hydrogens (primary N) is 1. The molecule has 0 aliphatic carbocycles. The van der Waals surface area contributed by atoms with E-state index in [1.165, 1.54) is 0 Å². The fourth-order valence-electron chi connectivity index (χ4n) is 0.982. The van der Waals surface area contributed by atoms with Crippen LogP contribution in [0, 0.1) is 0 Å². The highest BCUT2D eigenvalue weighted by Crippen LogP contribution is 2.07. The molecule has 2 atom stereocenters. The zero-order valence-electron chi connectivity index (χ0n) is 5.79. The van der Waals surface area contributed by atoms with Crippen LogP contribution in [0.1, 0.15) is 0 Å². The van der Waals surface area contributed by atoms with E-state index in [-0.39, 0.29) is 30.9 Å². The van der Waals surface area contributed by atoms with E-state index >= 15 is 0 Å². The van der Waals surface area contributed by atoms with Gasteiger partial charge >= 0.3 is 0 Å². The Balaban J connectivity index is 0. The van der Waals surface area contributed by atoms with Crippen LogP contribution in [0.15, 0.2) is 0 Å². The normalized spacial score (nSPS) is 32.7. The quantitative estimate of drug-likeness (QED) is 0.602. The van der Waals surface area contributed by atoms with Crippen LogP contribution in [0.25, 0.3) is 0 Å². The van der Waals surface area contributed by atoms with Gasteiger partial charge < -0.3 is 10.6 Å². The molecule has 1 heterocycles. The first-order valence-corrected chi connectivity index (χ1v) is 2.78. The zero-order chi connectivity index (χ0) is 6.15. The molecule has 1 saturated heterocycles. The third-order valence-electron chi connectivity index (χ3n) is 1.47. The highest BCUT2D eigenvalue weighted by Gasteiger charge is 2.26. The molecule has 0 radical (unpaired) electrons. The van der Waals surface area contributed by atoms with Crippen molar-refractivity contribution >= 4 is 24.8 Å². The third kappa shape index (κ3) is 3.01. The molecule has 2 nitrogen and oxygen atoms in total. The predicted molar refractivity (Wildman–Crippen MR) is 44.9 cm³/mol. The maximum absolute atomic E-state index is 12.4. The minimum Gasteiger partial charge on any atom is -0.324 e. The second-order valence-electron chi connectivity index (χ2n) is 2.40. The van der Waals surface area contributed by atoms with E-state index < -0.39 is 6.17 Å². The maximum atomic E-state index is 12.4. The summed E-state index contributed by atoms with van der Waals surface area (Å²) in [4.78, 5) is 1.90. The first kappa shape index (κ1) is 13.1. The molecule has 0 aromatic carbocycles. The lowest BCUT2D eigenvalue weighted by Crippen LogP contribution is -2.29. The Hall–Kier alpha value is 0.430. The van der Waals surface area contributed by atoms with Gasteiger partial charge in [0.2, 0.25) is 0 Å². The minimum atomic E-state index is -0.806. The number of hydrogen-bond donors (Lipinski definition) is 1. The Morgan fingerprint density at radius 2 is 1.90 bits per heavy atom. The molecule has 1 aliphatic heterocycles. The fourth-order valence-corrected chi connectivity index (χ4v) is 0.982. The molecule has 1 aliphatic rings. The number of rotatable bonds is 0. The Morgan fingerprint density at radius 1 is 1.40 bits per heavy atom. The van der Waals surface area contributed by atoms with Crippen LogP contribution in [0.2, 0.25) is 0 Å². The number of likely N-dealkylation sites (N-methyl/N-ethyl adjacent to an activating group) is 1. The largest absolute Gasteiger partial charge is 0.324 e. The summed E-state index contributed by atoms with van der Waals surface area (Å²) >= 11 is 0. The van der Waals surface area contributed by atoms with E-state index in [9.17, 15) is 4.39 Å². The van der Waals surface area contributed by atoms with E-state index in [0.29, 0.717) is 13.1 Å². The van der Waals surface area contributed by atoms with E-state index in [1.807, 2.05) is 11.9 Å². The van der Waals surface area contributed by atoms with Gasteiger partial charge in [0, 0.05) is 19.1 Å². The van der Waals surface area contributed by atoms with Gasteiger partial charge in [0.05, 0.1) is 0 Å². The SMILES string of the molecule is CN1C[C@@H](N)[C@H](F)C1.Cl.Cl. The van der Waals surface area contributed by atoms with Gasteiger partial charge in [-0.3, -0.25) is 0 Å². The Labute approximate surface area is 72.8 Å². The number of likely N-dealkylation sites (tertiary alicyclic amines) is 1. The van der Waals surface area contributed by atoms with E-state index in [1.54, 1.807) is 0 Å². The van der Waals surface area contributed by atoms with Gasteiger partial charge in [-0.1, -0.05) is 0 Å². The molecule has 0 bridgehead atoms. The first-order valence-electron chi connectivity index (χ1n) is 2.78. The van der Waals surface area contributed by atoms with Crippen LogP contribution in [0.3, 0.4) is 0 Å². The molecular weight excluding hydrogens is 178 g/mol. The number of halogens is 3. The van der Waals surface area contributed by atoms with Crippen LogP contribution in [0.4, 0.5) is 4.39 Å². The van der Waals surface area contributed by atoms with Crippen molar-refractivity contribution < 1.29 is 4.39 Å². The molecule has 0 aromatic rings. The first-order chi connectivity index (χ1) is 3.70. The summed E-state index contributed by atoms with van der Waals surface area (Å²) in [6, 6.07) is -0.250. The van der Waals surface area contributed by atoms with Crippen LogP contribution in [-0.2, 0) is 0 Å². The lowest BCUT2D eigenvalue weighted by molar-refractivity contribution is 0.309. The van der Waals surface area contributed by atoms with E-state index in [0.717, 1.165) is 0 Å². The average molecular weight is 191 g/mol. The maximum Gasteiger partial charge on any atom is 0.129 e. The van der Waals surface area contributed by atoms with E-state index in [2.05, 4.69) is 0 Å². The molecule has 0 spiro atoms. The Bertz CT molecular complexity index is 83.7. The van der Waals surface area contributed by atoms with Gasteiger partial charge in [0.25, 0.3) is 0 Å². The average Bonchev–Trinajstić information content (AvgIpc) is 1.85. The Kier molecular flexibility index (Phi) is 6.69. The summed E-state index contributed by atoms with van der Waals surface area (Å²) in [6.45, 7) is 1.20. The van der Waals surface area contributed by atoms with Crippen molar-refractivity contribution in [1.29, 1.82) is 0 Å². The number of alkyl halides is 1. The topological polar surface area (TPSA) is 29.3 Å². The predicted octanol–water partition coefficient (Wildman–Crippen LogP) is 0.441. The second kappa shape index (κ2) is 5.13. The Morgan fingerprint density at radius 3 is 2.00 bits per heavy atom. The summed E-state index contributed by atoms with van der Waals surface area (Å²) in [6.07, 6.45) is -0.806. The molecule has 0 amide bonds. The van der Waals surface area contributed by atoms with Crippen LogP contribution in [0.5, 0.6) is 0 Å². The van der Waals surface area contributed by atoms with Crippen molar-refractivity contribution in [3.63, 3.8) is 0 Å². The fraction of sp³-hybridized carbons (Fsp3) is 1.00. The minimum absolute atomic E-state index is 0. The smallest absolute Gasteiger partial charge is 0.129 e. The van der Waals surface area contributed by atoms with Crippen molar-refractivity contribution in [2.75, 3.05) is 20.1 Å². The molecule has 0 aromatic heterocycles. The molecule has 0 unspecified atom stereocenters. The van der Waals surface area contributed by atoms with E-state index in [4.69, 9.17) is 5.73 Å². The van der Waals surface area contributed by atoms with Crippen molar-refractivity contribution in [2.24, 2.45) is 5.73 Å². The number of hydrogen-bond acceptors (Lipinski definition) is 2. The monoisotopic (exact) mass is 190 g/mol. The molecule has 2 N–H and O–H groups in total. The van der Waals surface area contributed by atoms with Gasteiger partial charge in [-0.15, -0.1) is 24.8 Å².